The fraction of sp³-hybridized carbons (Fsp3) is 0.709. The quantitative estimate of drug-likeness (QED) is 0.0919. The van der Waals surface area contributed by atoms with Crippen LogP contribution in [0.4, 0.5) is 0 Å². The van der Waals surface area contributed by atoms with Gasteiger partial charge in [0.25, 0.3) is 17.6 Å². The Morgan fingerprint density at radius 2 is 1.68 bits per heavy atom. The number of carboxylic acid groups (broad SMARTS) is 1. The minimum Gasteiger partial charge on any atom is -0.480 e. The maximum atomic E-state index is 14.6. The summed E-state index contributed by atoms with van der Waals surface area (Å²) >= 11 is 0. The molecule has 3 fully saturated rings. The summed E-state index contributed by atoms with van der Waals surface area (Å²) < 4.78 is 31.0. The number of benzene rings is 1. The van der Waals surface area contributed by atoms with E-state index in [1.54, 1.807) is 38.3 Å². The van der Waals surface area contributed by atoms with Crippen molar-refractivity contribution in [2.45, 2.75) is 193 Å². The van der Waals surface area contributed by atoms with E-state index in [-0.39, 0.29) is 79.7 Å². The monoisotopic (exact) mass is 994 g/mol. The van der Waals surface area contributed by atoms with Gasteiger partial charge in [0.15, 0.2) is 0 Å². The zero-order valence-electron chi connectivity index (χ0n) is 43.7. The fourth-order valence-corrected chi connectivity index (χ4v) is 11.3. The van der Waals surface area contributed by atoms with E-state index < -0.39 is 71.8 Å². The minimum absolute atomic E-state index is 0.00439. The molecule has 13 unspecified atom stereocenters. The molecule has 0 spiro atoms. The van der Waals surface area contributed by atoms with Crippen LogP contribution in [0.2, 0.25) is 0 Å². The first kappa shape index (κ1) is 57.6. The van der Waals surface area contributed by atoms with Crippen LogP contribution in [0.1, 0.15) is 148 Å². The number of carbonyl (C=O) groups is 6. The molecule has 1 aliphatic carbocycles. The number of ketones is 2. The highest BCUT2D eigenvalue weighted by atomic mass is 16.7. The average Bonchev–Trinajstić information content (AvgIpc) is 3.35. The summed E-state index contributed by atoms with van der Waals surface area (Å²) in [6.07, 6.45) is 7.57. The summed E-state index contributed by atoms with van der Waals surface area (Å²) in [5.41, 5.74) is 8.56. The maximum absolute atomic E-state index is 14.6. The molecule has 4 aliphatic rings. The molecular weight excluding hydrogens is 911 g/mol. The van der Waals surface area contributed by atoms with Crippen molar-refractivity contribution in [3.8, 4) is 0 Å². The van der Waals surface area contributed by atoms with Crippen molar-refractivity contribution < 1.29 is 62.7 Å². The number of piperidine rings is 1. The molecule has 2 amide bonds. The van der Waals surface area contributed by atoms with Crippen LogP contribution in [0.3, 0.4) is 0 Å². The van der Waals surface area contributed by atoms with Gasteiger partial charge in [0.05, 0.1) is 24.4 Å². The molecule has 0 aromatic heterocycles. The number of nitrogens with zero attached hydrogens (tertiary/aromatic N) is 1. The van der Waals surface area contributed by atoms with E-state index in [9.17, 15) is 39.0 Å². The SMILES string of the molecule is CCCOC1CC(C=C(C)C2OC(=O)C3CCCCN3C(=O)C(=O)C3(O)OC(C(OC)CC(C)CC(C)=CC(CC)C(=O)CCC2C)C(OC)CC3C)CCC1NC(=O)c1ccccc1C[C@H](N)C(=O)O. The van der Waals surface area contributed by atoms with E-state index in [0.717, 1.165) is 17.6 Å². The van der Waals surface area contributed by atoms with Crippen LogP contribution >= 0.6 is 0 Å². The number of cyclic esters (lactones) is 1. The third kappa shape index (κ3) is 14.7. The maximum Gasteiger partial charge on any atom is 0.329 e. The van der Waals surface area contributed by atoms with Crippen molar-refractivity contribution in [2.75, 3.05) is 27.4 Å². The first-order chi connectivity index (χ1) is 33.8. The number of nitrogens with two attached hydrogens (primary N) is 1. The largest absolute Gasteiger partial charge is 0.480 e. The Morgan fingerprint density at radius 1 is 0.972 bits per heavy atom. The number of amides is 2. The van der Waals surface area contributed by atoms with E-state index in [4.69, 9.17) is 29.4 Å². The molecule has 3 aliphatic heterocycles. The fourth-order valence-electron chi connectivity index (χ4n) is 11.3. The summed E-state index contributed by atoms with van der Waals surface area (Å²) in [5, 5.41) is 24.8. The third-order valence-electron chi connectivity index (χ3n) is 15.4. The summed E-state index contributed by atoms with van der Waals surface area (Å²) in [7, 11) is 3.08. The number of aliphatic carboxylic acids is 1. The number of allylic oxidation sites excluding steroid dienone is 3. The first-order valence-electron chi connectivity index (χ1n) is 26.1. The van der Waals surface area contributed by atoms with Crippen molar-refractivity contribution >= 4 is 35.3 Å². The normalized spacial score (nSPS) is 33.8. The van der Waals surface area contributed by atoms with E-state index in [2.05, 4.69) is 24.4 Å². The highest BCUT2D eigenvalue weighted by Crippen LogP contribution is 2.39. The van der Waals surface area contributed by atoms with Crippen LogP contribution in [-0.4, -0.2) is 132 Å². The number of esters is 1. The van der Waals surface area contributed by atoms with Crippen LogP contribution in [0.5, 0.6) is 0 Å². The molecule has 5 rings (SSSR count). The molecule has 16 heteroatoms. The number of Topliss-reactive ketones (excluding diaryl/α,β-unsaturated/α-hetero) is 2. The van der Waals surface area contributed by atoms with Gasteiger partial charge < -0.3 is 49.8 Å². The summed E-state index contributed by atoms with van der Waals surface area (Å²) in [4.78, 5) is 84.0. The zero-order valence-corrected chi connectivity index (χ0v) is 43.7. The third-order valence-corrected chi connectivity index (χ3v) is 15.4. The van der Waals surface area contributed by atoms with Crippen LogP contribution in [0.25, 0.3) is 0 Å². The molecule has 1 aromatic carbocycles. The Morgan fingerprint density at radius 3 is 2.35 bits per heavy atom. The van der Waals surface area contributed by atoms with E-state index >= 15 is 0 Å². The molecule has 14 atom stereocenters. The van der Waals surface area contributed by atoms with Crippen LogP contribution in [-0.2, 0) is 54.1 Å². The molecule has 16 nitrogen and oxygen atoms in total. The molecular formula is C55H83N3O13. The second-order valence-electron chi connectivity index (χ2n) is 21.0. The van der Waals surface area contributed by atoms with E-state index in [1.807, 2.05) is 34.6 Å². The van der Waals surface area contributed by atoms with Crippen molar-refractivity contribution in [1.29, 1.82) is 0 Å². The Bertz CT molecular complexity index is 2070. The smallest absolute Gasteiger partial charge is 0.329 e. The highest BCUT2D eigenvalue weighted by Gasteiger charge is 2.56. The van der Waals surface area contributed by atoms with E-state index in [1.165, 1.54) is 12.0 Å². The Labute approximate surface area is 421 Å². The summed E-state index contributed by atoms with van der Waals surface area (Å²) in [6.45, 7) is 14.2. The van der Waals surface area contributed by atoms with Crippen LogP contribution in [0.15, 0.2) is 47.6 Å². The van der Waals surface area contributed by atoms with Gasteiger partial charge in [-0.15, -0.1) is 0 Å². The van der Waals surface area contributed by atoms with Crippen LogP contribution in [0, 0.1) is 29.6 Å². The Kier molecular flexibility index (Phi) is 21.6. The Balaban J connectivity index is 1.45. The van der Waals surface area contributed by atoms with Gasteiger partial charge in [-0.2, -0.15) is 0 Å². The van der Waals surface area contributed by atoms with Gasteiger partial charge >= 0.3 is 11.9 Å². The number of aliphatic hydroxyl groups is 1. The van der Waals surface area contributed by atoms with Crippen LogP contribution < -0.4 is 11.1 Å². The molecule has 5 N–H and O–H groups in total. The van der Waals surface area contributed by atoms with Crippen molar-refractivity contribution in [3.05, 3.63) is 58.7 Å². The van der Waals surface area contributed by atoms with E-state index in [0.29, 0.717) is 75.5 Å². The minimum atomic E-state index is -2.51. The van der Waals surface area contributed by atoms with Crippen molar-refractivity contribution in [3.63, 3.8) is 0 Å². The zero-order chi connectivity index (χ0) is 52.2. The molecule has 2 bridgehead atoms. The summed E-state index contributed by atoms with van der Waals surface area (Å²) in [5.74, 6) is -8.20. The molecule has 2 saturated heterocycles. The lowest BCUT2D eigenvalue weighted by Crippen LogP contribution is -2.64. The highest BCUT2D eigenvalue weighted by molar-refractivity contribution is 6.39. The Hall–Kier alpha value is -4.32. The standard InChI is InChI=1S/C55H83N3O13/c1-10-24-69-45-30-37(20-21-42(45)57-51(61)40-17-13-12-16-39(40)31-41(56)53(63)64)28-35(6)48-34(5)19-22-44(59)38(11-2)26-32(3)25-33(4)27-46(67-8)49-47(68-9)29-36(7)55(66,71-49)50(60)52(62)58-23-15-14-18-43(58)54(65)70-48/h12-13,16-17,26,28,33-34,36-38,41-43,45-49,66H,10-11,14-15,18-25,27,29-31,56H2,1-9H3,(H,57,61)(H,63,64)/t33?,34?,36?,37?,38?,41-,42?,43?,45?,46?,47?,48?,49?,55?/m0/s1. The molecule has 0 radical (unpaired) electrons. The number of hydrogen-bond acceptors (Lipinski definition) is 13. The van der Waals surface area contributed by atoms with Gasteiger partial charge in [-0.1, -0.05) is 70.5 Å². The molecule has 1 aromatic rings. The predicted molar refractivity (Wildman–Crippen MR) is 267 cm³/mol. The van der Waals surface area contributed by atoms with Gasteiger partial charge in [-0.05, 0) is 132 Å². The summed E-state index contributed by atoms with van der Waals surface area (Å²) in [6, 6.07) is 4.23. The van der Waals surface area contributed by atoms with Gasteiger partial charge in [-0.25, -0.2) is 4.79 Å². The number of rotatable bonds is 13. The van der Waals surface area contributed by atoms with Crippen molar-refractivity contribution in [2.24, 2.45) is 35.3 Å². The number of hydrogen-bond donors (Lipinski definition) is 4. The molecule has 3 heterocycles. The number of fused-ring (bicyclic) bond motifs is 3. The lowest BCUT2D eigenvalue weighted by Gasteiger charge is -2.47. The predicted octanol–water partition coefficient (Wildman–Crippen LogP) is 6.67. The topological polar surface area (TPSA) is 230 Å². The lowest BCUT2D eigenvalue weighted by molar-refractivity contribution is -0.302. The van der Waals surface area contributed by atoms with Gasteiger partial charge in [0.1, 0.15) is 30.1 Å². The lowest BCUT2D eigenvalue weighted by atomic mass is 9.81. The number of methoxy groups -OCH3 is 2. The van der Waals surface area contributed by atoms with Gasteiger partial charge in [0, 0.05) is 51.2 Å². The number of carboxylic acids is 1. The number of carbonyl (C=O) groups excluding carboxylic acids is 5. The molecule has 1 saturated carbocycles. The second-order valence-corrected chi connectivity index (χ2v) is 21.0. The number of ether oxygens (including phenoxy) is 5. The first-order valence-corrected chi connectivity index (χ1v) is 26.1. The molecule has 396 valence electrons. The average molecular weight is 994 g/mol. The second kappa shape index (κ2) is 26.6. The number of nitrogens with one attached hydrogen (secondary N) is 1. The van der Waals surface area contributed by atoms with Crippen molar-refractivity contribution in [1.82, 2.24) is 10.2 Å². The van der Waals surface area contributed by atoms with Gasteiger partial charge in [-0.3, -0.25) is 24.0 Å². The molecule has 71 heavy (non-hydrogen) atoms. The van der Waals surface area contributed by atoms with Gasteiger partial charge in [0.2, 0.25) is 5.79 Å².